The van der Waals surface area contributed by atoms with Crippen molar-refractivity contribution in [2.45, 2.75) is 26.2 Å². The molecule has 1 heterocycles. The molecule has 0 aromatic heterocycles. The van der Waals surface area contributed by atoms with Gasteiger partial charge in [0.05, 0.1) is 6.61 Å². The lowest BCUT2D eigenvalue weighted by Crippen LogP contribution is -2.39. The maximum absolute atomic E-state index is 11.7. The molecule has 1 aliphatic heterocycles. The Kier molecular flexibility index (Phi) is 4.53. The van der Waals surface area contributed by atoms with Crippen molar-refractivity contribution in [3.05, 3.63) is 0 Å². The topological polar surface area (TPSA) is 63.7 Å². The molecule has 1 fully saturated rings. The molecule has 0 spiro atoms. The van der Waals surface area contributed by atoms with E-state index in [2.05, 4.69) is 4.74 Å². The van der Waals surface area contributed by atoms with Gasteiger partial charge in [-0.1, -0.05) is 6.42 Å². The number of esters is 1. The van der Waals surface area contributed by atoms with Crippen LogP contribution >= 0.6 is 0 Å². The summed E-state index contributed by atoms with van der Waals surface area (Å²) in [5.41, 5.74) is 0. The van der Waals surface area contributed by atoms with E-state index in [1.807, 2.05) is 0 Å². The number of piperidine rings is 1. The van der Waals surface area contributed by atoms with Crippen molar-refractivity contribution in [3.8, 4) is 0 Å². The SMILES string of the molecule is CCOC(=O)CS(=O)(=O)N1CCCCC1. The molecule has 15 heavy (non-hydrogen) atoms. The summed E-state index contributed by atoms with van der Waals surface area (Å²) in [6.07, 6.45) is 2.82. The number of hydrogen-bond donors (Lipinski definition) is 0. The summed E-state index contributed by atoms with van der Waals surface area (Å²) in [5.74, 6) is -1.19. The largest absolute Gasteiger partial charge is 0.465 e. The Hall–Kier alpha value is -0.620. The van der Waals surface area contributed by atoms with Gasteiger partial charge < -0.3 is 4.74 Å². The minimum atomic E-state index is -3.45. The van der Waals surface area contributed by atoms with Crippen molar-refractivity contribution >= 4 is 16.0 Å². The first kappa shape index (κ1) is 12.4. The van der Waals surface area contributed by atoms with Gasteiger partial charge in [0.15, 0.2) is 5.75 Å². The predicted octanol–water partition coefficient (Wildman–Crippen LogP) is 0.365. The molecular formula is C9H17NO4S. The van der Waals surface area contributed by atoms with Gasteiger partial charge in [0.1, 0.15) is 0 Å². The number of carbonyl (C=O) groups is 1. The average molecular weight is 235 g/mol. The Labute approximate surface area is 90.4 Å². The van der Waals surface area contributed by atoms with Gasteiger partial charge >= 0.3 is 5.97 Å². The van der Waals surface area contributed by atoms with Crippen molar-refractivity contribution in [2.75, 3.05) is 25.4 Å². The van der Waals surface area contributed by atoms with Gasteiger partial charge in [-0.05, 0) is 19.8 Å². The minimum absolute atomic E-state index is 0.217. The zero-order valence-corrected chi connectivity index (χ0v) is 9.75. The number of rotatable bonds is 4. The molecule has 0 unspecified atom stereocenters. The highest BCUT2D eigenvalue weighted by Gasteiger charge is 2.26. The Balaban J connectivity index is 2.53. The van der Waals surface area contributed by atoms with E-state index in [1.54, 1.807) is 6.92 Å². The molecule has 0 aromatic rings. The molecule has 0 saturated carbocycles. The molecule has 0 aromatic carbocycles. The van der Waals surface area contributed by atoms with Gasteiger partial charge in [-0.3, -0.25) is 4.79 Å². The molecule has 0 atom stereocenters. The molecule has 0 radical (unpaired) electrons. The molecule has 1 rings (SSSR count). The van der Waals surface area contributed by atoms with Crippen LogP contribution in [0.5, 0.6) is 0 Å². The fraction of sp³-hybridized carbons (Fsp3) is 0.889. The number of hydrogen-bond acceptors (Lipinski definition) is 4. The lowest BCUT2D eigenvalue weighted by atomic mass is 10.2. The summed E-state index contributed by atoms with van der Waals surface area (Å²) in [7, 11) is -3.45. The smallest absolute Gasteiger partial charge is 0.322 e. The van der Waals surface area contributed by atoms with Crippen molar-refractivity contribution in [2.24, 2.45) is 0 Å². The average Bonchev–Trinajstić information content (AvgIpc) is 2.18. The quantitative estimate of drug-likeness (QED) is 0.660. The predicted molar refractivity (Wildman–Crippen MR) is 55.8 cm³/mol. The fourth-order valence-electron chi connectivity index (χ4n) is 1.59. The Bertz CT molecular complexity index is 306. The van der Waals surface area contributed by atoms with E-state index in [-0.39, 0.29) is 6.61 Å². The molecule has 1 aliphatic rings. The van der Waals surface area contributed by atoms with Gasteiger partial charge in [-0.25, -0.2) is 12.7 Å². The van der Waals surface area contributed by atoms with Crippen molar-refractivity contribution in [1.82, 2.24) is 4.31 Å². The molecule has 88 valence electrons. The summed E-state index contributed by atoms with van der Waals surface area (Å²) < 4.78 is 29.4. The van der Waals surface area contributed by atoms with E-state index < -0.39 is 21.7 Å². The van der Waals surface area contributed by atoms with Crippen LogP contribution in [0.25, 0.3) is 0 Å². The minimum Gasteiger partial charge on any atom is -0.465 e. The molecule has 0 aliphatic carbocycles. The maximum atomic E-state index is 11.7. The molecule has 1 saturated heterocycles. The summed E-state index contributed by atoms with van der Waals surface area (Å²) in [6, 6.07) is 0. The molecule has 0 amide bonds. The van der Waals surface area contributed by atoms with Crippen LogP contribution in [0.4, 0.5) is 0 Å². The van der Waals surface area contributed by atoms with Crippen LogP contribution in [0.1, 0.15) is 26.2 Å². The maximum Gasteiger partial charge on any atom is 0.322 e. The van der Waals surface area contributed by atoms with E-state index in [0.29, 0.717) is 13.1 Å². The van der Waals surface area contributed by atoms with Crippen LogP contribution in [0.3, 0.4) is 0 Å². The van der Waals surface area contributed by atoms with Crippen LogP contribution in [0.2, 0.25) is 0 Å². The molecular weight excluding hydrogens is 218 g/mol. The van der Waals surface area contributed by atoms with Crippen LogP contribution < -0.4 is 0 Å². The summed E-state index contributed by atoms with van der Waals surface area (Å²) in [4.78, 5) is 11.1. The molecule has 0 bridgehead atoms. The van der Waals surface area contributed by atoms with Gasteiger partial charge in [0.25, 0.3) is 0 Å². The van der Waals surface area contributed by atoms with E-state index in [1.165, 1.54) is 4.31 Å². The third-order valence-corrected chi connectivity index (χ3v) is 4.07. The monoisotopic (exact) mass is 235 g/mol. The van der Waals surface area contributed by atoms with Crippen molar-refractivity contribution in [1.29, 1.82) is 0 Å². The Morgan fingerprint density at radius 2 is 1.87 bits per heavy atom. The summed E-state index contributed by atoms with van der Waals surface area (Å²) >= 11 is 0. The number of nitrogens with zero attached hydrogens (tertiary/aromatic N) is 1. The van der Waals surface area contributed by atoms with Crippen LogP contribution in [0.15, 0.2) is 0 Å². The van der Waals surface area contributed by atoms with Crippen LogP contribution in [0, 0.1) is 0 Å². The van der Waals surface area contributed by atoms with Crippen LogP contribution in [-0.2, 0) is 19.6 Å². The highest BCUT2D eigenvalue weighted by atomic mass is 32.2. The standard InChI is InChI=1S/C9H17NO4S/c1-2-14-9(11)8-15(12,13)10-6-4-3-5-7-10/h2-8H2,1H3. The van der Waals surface area contributed by atoms with E-state index in [9.17, 15) is 13.2 Å². The highest BCUT2D eigenvalue weighted by molar-refractivity contribution is 7.89. The van der Waals surface area contributed by atoms with Gasteiger partial charge in [-0.15, -0.1) is 0 Å². The van der Waals surface area contributed by atoms with Gasteiger partial charge in [0.2, 0.25) is 10.0 Å². The Morgan fingerprint density at radius 1 is 1.27 bits per heavy atom. The van der Waals surface area contributed by atoms with Crippen LogP contribution in [-0.4, -0.2) is 44.1 Å². The second-order valence-corrected chi connectivity index (χ2v) is 5.49. The van der Waals surface area contributed by atoms with Gasteiger partial charge in [-0.2, -0.15) is 0 Å². The molecule has 5 nitrogen and oxygen atoms in total. The highest BCUT2D eigenvalue weighted by Crippen LogP contribution is 2.13. The first-order chi connectivity index (χ1) is 7.06. The number of sulfonamides is 1. The van der Waals surface area contributed by atoms with E-state index in [0.717, 1.165) is 19.3 Å². The summed E-state index contributed by atoms with van der Waals surface area (Å²) in [5, 5.41) is 0. The molecule has 6 heteroatoms. The normalized spacial score (nSPS) is 18.7. The first-order valence-electron chi connectivity index (χ1n) is 5.19. The zero-order valence-electron chi connectivity index (χ0n) is 8.94. The second kappa shape index (κ2) is 5.46. The lowest BCUT2D eigenvalue weighted by Gasteiger charge is -2.25. The second-order valence-electron chi connectivity index (χ2n) is 3.52. The molecule has 0 N–H and O–H groups in total. The van der Waals surface area contributed by atoms with E-state index in [4.69, 9.17) is 0 Å². The number of ether oxygens (including phenoxy) is 1. The third kappa shape index (κ3) is 3.79. The zero-order chi connectivity index (χ0) is 11.3. The van der Waals surface area contributed by atoms with Crippen molar-refractivity contribution < 1.29 is 17.9 Å². The number of carbonyl (C=O) groups excluding carboxylic acids is 1. The first-order valence-corrected chi connectivity index (χ1v) is 6.80. The lowest BCUT2D eigenvalue weighted by molar-refractivity contribution is -0.140. The van der Waals surface area contributed by atoms with Gasteiger partial charge in [0, 0.05) is 13.1 Å². The fourth-order valence-corrected chi connectivity index (χ4v) is 2.96. The van der Waals surface area contributed by atoms with Crippen molar-refractivity contribution in [3.63, 3.8) is 0 Å². The third-order valence-electron chi connectivity index (χ3n) is 2.31. The van der Waals surface area contributed by atoms with E-state index >= 15 is 0 Å². The Morgan fingerprint density at radius 3 is 2.40 bits per heavy atom. The summed E-state index contributed by atoms with van der Waals surface area (Å²) in [6.45, 7) is 2.93.